The van der Waals surface area contributed by atoms with Gasteiger partial charge in [0.2, 0.25) is 0 Å². The Hall–Kier alpha value is -1.88. The van der Waals surface area contributed by atoms with Crippen LogP contribution < -0.4 is 0 Å². The largest absolute Gasteiger partial charge is 0.364 e. The van der Waals surface area contributed by atoms with Gasteiger partial charge in [0.05, 0.1) is 12.4 Å². The zero-order valence-electron chi connectivity index (χ0n) is 8.88. The number of aromatic nitrogens is 4. The highest BCUT2D eigenvalue weighted by molar-refractivity contribution is 6.16. The summed E-state index contributed by atoms with van der Waals surface area (Å²) < 4.78 is 6.76. The lowest BCUT2D eigenvalue weighted by molar-refractivity contribution is 0.409. The number of fused-ring (bicyclic) bond motifs is 1. The van der Waals surface area contributed by atoms with E-state index in [-0.39, 0.29) is 0 Å². The van der Waals surface area contributed by atoms with Gasteiger partial charge >= 0.3 is 0 Å². The maximum absolute atomic E-state index is 5.89. The Balaban J connectivity index is 2.12. The first-order valence-corrected chi connectivity index (χ1v) is 5.67. The number of alkyl halides is 1. The fraction of sp³-hybridized carbons (Fsp3) is 0.182. The van der Waals surface area contributed by atoms with Crippen LogP contribution in [0.5, 0.6) is 0 Å². The molecule has 3 rings (SSSR count). The Morgan fingerprint density at radius 1 is 1.35 bits per heavy atom. The first-order chi connectivity index (χ1) is 8.38. The molecule has 3 aromatic rings. The van der Waals surface area contributed by atoms with Gasteiger partial charge in [0.25, 0.3) is 0 Å². The number of hydrogen-bond acceptors (Lipinski definition) is 4. The summed E-state index contributed by atoms with van der Waals surface area (Å²) in [6.07, 6.45) is 3.28. The summed E-state index contributed by atoms with van der Waals surface area (Å²) in [6, 6.07) is 5.58. The number of rotatable bonds is 3. The third kappa shape index (κ3) is 1.78. The van der Waals surface area contributed by atoms with Crippen molar-refractivity contribution >= 4 is 22.8 Å². The second kappa shape index (κ2) is 4.18. The molecule has 0 unspecified atom stereocenters. The van der Waals surface area contributed by atoms with Gasteiger partial charge in [-0.05, 0) is 12.1 Å². The normalized spacial score (nSPS) is 11.1. The van der Waals surface area contributed by atoms with E-state index in [0.717, 1.165) is 22.7 Å². The molecule has 3 heterocycles. The topological polar surface area (TPSA) is 56.7 Å². The smallest absolute Gasteiger partial charge is 0.160 e. The van der Waals surface area contributed by atoms with Crippen LogP contribution in [-0.4, -0.2) is 19.7 Å². The monoisotopic (exact) mass is 248 g/mol. The van der Waals surface area contributed by atoms with Gasteiger partial charge in [-0.2, -0.15) is 0 Å². The molecule has 6 heteroatoms. The molecule has 0 spiro atoms. The highest BCUT2D eigenvalue weighted by Gasteiger charge is 2.11. The molecule has 0 aliphatic heterocycles. The lowest BCUT2D eigenvalue weighted by atomic mass is 10.4. The van der Waals surface area contributed by atoms with Crippen molar-refractivity contribution in [3.05, 3.63) is 42.2 Å². The zero-order valence-corrected chi connectivity index (χ0v) is 9.63. The molecule has 17 heavy (non-hydrogen) atoms. The summed E-state index contributed by atoms with van der Waals surface area (Å²) in [5.74, 6) is 1.12. The maximum Gasteiger partial charge on any atom is 0.160 e. The van der Waals surface area contributed by atoms with E-state index in [1.807, 2.05) is 22.8 Å². The van der Waals surface area contributed by atoms with Crippen LogP contribution in [0.4, 0.5) is 0 Å². The average molecular weight is 249 g/mol. The molecule has 0 atom stereocenters. The van der Waals surface area contributed by atoms with E-state index in [2.05, 4.69) is 15.1 Å². The molecule has 0 N–H and O–H groups in total. The molecule has 0 aliphatic rings. The molecule has 0 saturated heterocycles. The highest BCUT2D eigenvalue weighted by atomic mass is 35.5. The van der Waals surface area contributed by atoms with Gasteiger partial charge in [0.15, 0.2) is 5.65 Å². The van der Waals surface area contributed by atoms with Crippen molar-refractivity contribution < 1.29 is 4.52 Å². The number of pyridine rings is 1. The van der Waals surface area contributed by atoms with E-state index in [1.54, 1.807) is 12.5 Å². The van der Waals surface area contributed by atoms with Gasteiger partial charge in [0.1, 0.15) is 23.3 Å². The van der Waals surface area contributed by atoms with Crippen molar-refractivity contribution in [3.8, 4) is 0 Å². The van der Waals surface area contributed by atoms with E-state index in [0.29, 0.717) is 12.4 Å². The Bertz CT molecular complexity index is 632. The van der Waals surface area contributed by atoms with Gasteiger partial charge in [-0.25, -0.2) is 9.97 Å². The van der Waals surface area contributed by atoms with Crippen molar-refractivity contribution in [1.29, 1.82) is 0 Å². The fourth-order valence-corrected chi connectivity index (χ4v) is 1.96. The molecular formula is C11H9ClN4O. The number of halogens is 1. The minimum Gasteiger partial charge on any atom is -0.364 e. The Labute approximate surface area is 102 Å². The van der Waals surface area contributed by atoms with Crippen LogP contribution in [0.2, 0.25) is 0 Å². The van der Waals surface area contributed by atoms with Crippen LogP contribution >= 0.6 is 11.6 Å². The van der Waals surface area contributed by atoms with Crippen molar-refractivity contribution in [2.75, 3.05) is 0 Å². The molecule has 0 amide bonds. The van der Waals surface area contributed by atoms with E-state index >= 15 is 0 Å². The van der Waals surface area contributed by atoms with Crippen LogP contribution in [0, 0.1) is 0 Å². The minimum atomic E-state index is 0.341. The van der Waals surface area contributed by atoms with Crippen molar-refractivity contribution in [1.82, 2.24) is 19.7 Å². The van der Waals surface area contributed by atoms with Gasteiger partial charge < -0.3 is 9.09 Å². The third-order valence-electron chi connectivity index (χ3n) is 2.51. The SMILES string of the molecule is ClCc1nc2cccnc2n1Cc1ccon1. The van der Waals surface area contributed by atoms with Crippen LogP contribution in [-0.2, 0) is 12.4 Å². The predicted octanol–water partition coefficient (Wildman–Crippen LogP) is 2.21. The zero-order chi connectivity index (χ0) is 11.7. The molecule has 86 valence electrons. The van der Waals surface area contributed by atoms with Crippen LogP contribution in [0.25, 0.3) is 11.2 Å². The van der Waals surface area contributed by atoms with Crippen molar-refractivity contribution in [2.45, 2.75) is 12.4 Å². The molecular weight excluding hydrogens is 240 g/mol. The predicted molar refractivity (Wildman–Crippen MR) is 62.7 cm³/mol. The Kier molecular flexibility index (Phi) is 2.53. The van der Waals surface area contributed by atoms with Crippen LogP contribution in [0.15, 0.2) is 35.2 Å². The van der Waals surface area contributed by atoms with E-state index < -0.39 is 0 Å². The van der Waals surface area contributed by atoms with E-state index in [9.17, 15) is 0 Å². The fourth-order valence-electron chi connectivity index (χ4n) is 1.75. The number of hydrogen-bond donors (Lipinski definition) is 0. The second-order valence-electron chi connectivity index (χ2n) is 3.58. The lowest BCUT2D eigenvalue weighted by Crippen LogP contribution is -2.04. The summed E-state index contributed by atoms with van der Waals surface area (Å²) in [4.78, 5) is 8.74. The molecule has 0 radical (unpaired) electrons. The molecule has 0 aliphatic carbocycles. The van der Waals surface area contributed by atoms with Crippen LogP contribution in [0.1, 0.15) is 11.5 Å². The Morgan fingerprint density at radius 2 is 2.29 bits per heavy atom. The van der Waals surface area contributed by atoms with Crippen LogP contribution in [0.3, 0.4) is 0 Å². The van der Waals surface area contributed by atoms with Gasteiger partial charge in [-0.1, -0.05) is 5.16 Å². The molecule has 3 aromatic heterocycles. The Morgan fingerprint density at radius 3 is 3.06 bits per heavy atom. The average Bonchev–Trinajstić information content (AvgIpc) is 2.98. The first kappa shape index (κ1) is 10.3. The second-order valence-corrected chi connectivity index (χ2v) is 3.85. The molecule has 0 saturated carbocycles. The van der Waals surface area contributed by atoms with Gasteiger partial charge in [0, 0.05) is 12.3 Å². The summed E-state index contributed by atoms with van der Waals surface area (Å²) in [7, 11) is 0. The molecule has 0 aromatic carbocycles. The highest BCUT2D eigenvalue weighted by Crippen LogP contribution is 2.16. The van der Waals surface area contributed by atoms with Crippen molar-refractivity contribution in [2.24, 2.45) is 0 Å². The van der Waals surface area contributed by atoms with Crippen molar-refractivity contribution in [3.63, 3.8) is 0 Å². The van der Waals surface area contributed by atoms with Gasteiger partial charge in [-0.3, -0.25) is 0 Å². The molecule has 5 nitrogen and oxygen atoms in total. The summed E-state index contributed by atoms with van der Waals surface area (Å²) >= 11 is 5.89. The standard InChI is InChI=1S/C11H9ClN4O/c12-6-10-14-9-2-1-4-13-11(9)16(10)7-8-3-5-17-15-8/h1-5H,6-7H2. The number of nitrogens with zero attached hydrogens (tertiary/aromatic N) is 4. The minimum absolute atomic E-state index is 0.341. The number of imidazole rings is 1. The van der Waals surface area contributed by atoms with E-state index in [1.165, 1.54) is 0 Å². The first-order valence-electron chi connectivity index (χ1n) is 5.14. The quantitative estimate of drug-likeness (QED) is 0.667. The molecule has 0 fully saturated rings. The lowest BCUT2D eigenvalue weighted by Gasteiger charge is -2.03. The third-order valence-corrected chi connectivity index (χ3v) is 2.75. The summed E-state index contributed by atoms with van der Waals surface area (Å²) in [5.41, 5.74) is 2.47. The summed E-state index contributed by atoms with van der Waals surface area (Å²) in [6.45, 7) is 0.562. The van der Waals surface area contributed by atoms with Gasteiger partial charge in [-0.15, -0.1) is 11.6 Å². The maximum atomic E-state index is 5.89. The van der Waals surface area contributed by atoms with E-state index in [4.69, 9.17) is 16.1 Å². The summed E-state index contributed by atoms with van der Waals surface area (Å²) in [5, 5.41) is 3.88. The molecule has 0 bridgehead atoms.